The fourth-order valence-corrected chi connectivity index (χ4v) is 3.25. The summed E-state index contributed by atoms with van der Waals surface area (Å²) in [5.74, 6) is -0.579. The molecule has 2 fully saturated rings. The van der Waals surface area contributed by atoms with Crippen molar-refractivity contribution < 1.29 is 19.4 Å². The standard InChI is InChI=1S/C15H27NO4/c1-4-16-15(14(17)18,12-5-6-12)9-19-13-7-10(2)20-11(3)8-13/h10-13,16H,4-9H2,1-3H3,(H,17,18). The van der Waals surface area contributed by atoms with Crippen LogP contribution in [0.15, 0.2) is 0 Å². The van der Waals surface area contributed by atoms with E-state index >= 15 is 0 Å². The van der Waals surface area contributed by atoms with E-state index in [9.17, 15) is 9.90 Å². The van der Waals surface area contributed by atoms with Crippen LogP contribution in [0.1, 0.15) is 46.5 Å². The van der Waals surface area contributed by atoms with Gasteiger partial charge in [0.1, 0.15) is 5.54 Å². The highest BCUT2D eigenvalue weighted by molar-refractivity contribution is 5.80. The maximum Gasteiger partial charge on any atom is 0.326 e. The van der Waals surface area contributed by atoms with Gasteiger partial charge in [0.15, 0.2) is 0 Å². The van der Waals surface area contributed by atoms with Crippen LogP contribution in [-0.2, 0) is 14.3 Å². The van der Waals surface area contributed by atoms with Gasteiger partial charge in [0.2, 0.25) is 0 Å². The van der Waals surface area contributed by atoms with Gasteiger partial charge in [0, 0.05) is 0 Å². The zero-order valence-corrected chi connectivity index (χ0v) is 12.7. The van der Waals surface area contributed by atoms with Crippen molar-refractivity contribution >= 4 is 5.97 Å². The van der Waals surface area contributed by atoms with Crippen molar-refractivity contribution in [1.82, 2.24) is 5.32 Å². The summed E-state index contributed by atoms with van der Waals surface area (Å²) in [4.78, 5) is 11.7. The molecule has 1 saturated carbocycles. The molecule has 3 unspecified atom stereocenters. The quantitative estimate of drug-likeness (QED) is 0.746. The predicted molar refractivity (Wildman–Crippen MR) is 75.8 cm³/mol. The second-order valence-corrected chi connectivity index (χ2v) is 6.24. The van der Waals surface area contributed by atoms with Crippen molar-refractivity contribution in [3.05, 3.63) is 0 Å². The van der Waals surface area contributed by atoms with Gasteiger partial charge < -0.3 is 14.6 Å². The number of aliphatic carboxylic acids is 1. The second kappa shape index (κ2) is 6.41. The number of rotatable bonds is 7. The molecule has 5 heteroatoms. The van der Waals surface area contributed by atoms with Gasteiger partial charge in [0.25, 0.3) is 0 Å². The minimum Gasteiger partial charge on any atom is -0.480 e. The van der Waals surface area contributed by atoms with Crippen molar-refractivity contribution in [3.8, 4) is 0 Å². The number of carbonyl (C=O) groups is 1. The monoisotopic (exact) mass is 285 g/mol. The minimum absolute atomic E-state index is 0.102. The molecular formula is C15H27NO4. The number of hydrogen-bond donors (Lipinski definition) is 2. The van der Waals surface area contributed by atoms with Gasteiger partial charge in [-0.15, -0.1) is 0 Å². The van der Waals surface area contributed by atoms with Crippen LogP contribution in [0.5, 0.6) is 0 Å². The van der Waals surface area contributed by atoms with E-state index in [-0.39, 0.29) is 30.8 Å². The summed E-state index contributed by atoms with van der Waals surface area (Å²) in [5, 5.41) is 12.8. The highest BCUT2D eigenvalue weighted by Crippen LogP contribution is 2.40. The molecule has 1 saturated heterocycles. The third-order valence-corrected chi connectivity index (χ3v) is 4.35. The Morgan fingerprint density at radius 2 is 1.95 bits per heavy atom. The van der Waals surface area contributed by atoms with E-state index in [1.165, 1.54) is 0 Å². The van der Waals surface area contributed by atoms with Crippen molar-refractivity contribution in [2.75, 3.05) is 13.2 Å². The predicted octanol–water partition coefficient (Wildman–Crippen LogP) is 1.80. The Kier molecular flexibility index (Phi) is 5.04. The molecule has 0 aromatic heterocycles. The van der Waals surface area contributed by atoms with Crippen LogP contribution in [0.2, 0.25) is 0 Å². The van der Waals surface area contributed by atoms with Gasteiger partial charge in [-0.2, -0.15) is 0 Å². The van der Waals surface area contributed by atoms with E-state index in [4.69, 9.17) is 9.47 Å². The maximum absolute atomic E-state index is 11.7. The molecular weight excluding hydrogens is 258 g/mol. The third kappa shape index (κ3) is 3.51. The molecule has 0 spiro atoms. The van der Waals surface area contributed by atoms with E-state index < -0.39 is 11.5 Å². The topological polar surface area (TPSA) is 67.8 Å². The van der Waals surface area contributed by atoms with E-state index in [0.29, 0.717) is 6.54 Å². The summed E-state index contributed by atoms with van der Waals surface area (Å²) in [6.07, 6.45) is 4.11. The zero-order valence-electron chi connectivity index (χ0n) is 12.7. The molecule has 20 heavy (non-hydrogen) atoms. The molecule has 0 radical (unpaired) electrons. The molecule has 1 heterocycles. The smallest absolute Gasteiger partial charge is 0.326 e. The second-order valence-electron chi connectivity index (χ2n) is 6.24. The third-order valence-electron chi connectivity index (χ3n) is 4.35. The summed E-state index contributed by atoms with van der Waals surface area (Å²) < 4.78 is 11.7. The van der Waals surface area contributed by atoms with Gasteiger partial charge in [0.05, 0.1) is 24.9 Å². The Bertz CT molecular complexity index is 335. The first-order valence-corrected chi connectivity index (χ1v) is 7.73. The minimum atomic E-state index is -0.903. The van der Waals surface area contributed by atoms with Crippen molar-refractivity contribution in [1.29, 1.82) is 0 Å². The lowest BCUT2D eigenvalue weighted by molar-refractivity contribution is -0.154. The summed E-state index contributed by atoms with van der Waals surface area (Å²) in [5.41, 5.74) is -0.903. The maximum atomic E-state index is 11.7. The first kappa shape index (κ1) is 15.7. The SMILES string of the molecule is CCNC(COC1CC(C)OC(C)C1)(C(=O)O)C1CC1. The number of hydrogen-bond acceptors (Lipinski definition) is 4. The van der Waals surface area contributed by atoms with E-state index in [1.54, 1.807) is 0 Å². The molecule has 3 atom stereocenters. The van der Waals surface area contributed by atoms with Crippen LogP contribution in [0.25, 0.3) is 0 Å². The lowest BCUT2D eigenvalue weighted by Gasteiger charge is -2.36. The molecule has 1 aliphatic carbocycles. The lowest BCUT2D eigenvalue weighted by Crippen LogP contribution is -2.58. The molecule has 1 aliphatic heterocycles. The summed E-state index contributed by atoms with van der Waals surface area (Å²) in [7, 11) is 0. The van der Waals surface area contributed by atoms with Crippen LogP contribution in [0, 0.1) is 5.92 Å². The van der Waals surface area contributed by atoms with Crippen molar-refractivity contribution in [2.24, 2.45) is 5.92 Å². The first-order valence-electron chi connectivity index (χ1n) is 7.73. The first-order chi connectivity index (χ1) is 9.48. The Morgan fingerprint density at radius 1 is 1.35 bits per heavy atom. The van der Waals surface area contributed by atoms with Crippen LogP contribution < -0.4 is 5.32 Å². The fourth-order valence-electron chi connectivity index (χ4n) is 3.25. The largest absolute Gasteiger partial charge is 0.480 e. The van der Waals surface area contributed by atoms with Gasteiger partial charge in [-0.3, -0.25) is 10.1 Å². The molecule has 116 valence electrons. The highest BCUT2D eigenvalue weighted by atomic mass is 16.5. The van der Waals surface area contributed by atoms with E-state index in [2.05, 4.69) is 5.32 Å². The molecule has 0 amide bonds. The van der Waals surface area contributed by atoms with Crippen LogP contribution in [0.4, 0.5) is 0 Å². The van der Waals surface area contributed by atoms with Crippen LogP contribution in [0.3, 0.4) is 0 Å². The number of nitrogens with one attached hydrogen (secondary N) is 1. The lowest BCUT2D eigenvalue weighted by atomic mass is 9.93. The van der Waals surface area contributed by atoms with Crippen molar-refractivity contribution in [3.63, 3.8) is 0 Å². The molecule has 2 aliphatic rings. The normalized spacial score (nSPS) is 33.6. The van der Waals surface area contributed by atoms with Gasteiger partial charge in [-0.05, 0) is 52.0 Å². The molecule has 0 bridgehead atoms. The average molecular weight is 285 g/mol. The molecule has 0 aromatic rings. The molecule has 0 aromatic carbocycles. The van der Waals surface area contributed by atoms with Crippen LogP contribution >= 0.6 is 0 Å². The Balaban J connectivity index is 1.96. The molecule has 2 N–H and O–H groups in total. The van der Waals surface area contributed by atoms with Gasteiger partial charge >= 0.3 is 5.97 Å². The summed E-state index contributed by atoms with van der Waals surface area (Å²) in [6, 6.07) is 0. The molecule has 5 nitrogen and oxygen atoms in total. The Morgan fingerprint density at radius 3 is 2.40 bits per heavy atom. The average Bonchev–Trinajstić information content (AvgIpc) is 3.17. The Labute approximate surface area is 121 Å². The molecule has 2 rings (SSSR count). The van der Waals surface area contributed by atoms with Crippen molar-refractivity contribution in [2.45, 2.75) is 70.3 Å². The summed E-state index contributed by atoms with van der Waals surface area (Å²) >= 11 is 0. The highest BCUT2D eigenvalue weighted by Gasteiger charge is 2.51. The fraction of sp³-hybridized carbons (Fsp3) is 0.933. The van der Waals surface area contributed by atoms with Crippen LogP contribution in [-0.4, -0.2) is 48.1 Å². The van der Waals surface area contributed by atoms with E-state index in [1.807, 2.05) is 20.8 Å². The number of carboxylic acids is 1. The number of carboxylic acid groups (broad SMARTS) is 1. The Hall–Kier alpha value is -0.650. The zero-order chi connectivity index (χ0) is 14.8. The van der Waals surface area contributed by atoms with Gasteiger partial charge in [-0.25, -0.2) is 0 Å². The number of ether oxygens (including phenoxy) is 2. The number of likely N-dealkylation sites (N-methyl/N-ethyl adjacent to an activating group) is 1. The summed E-state index contributed by atoms with van der Waals surface area (Å²) in [6.45, 7) is 6.93. The van der Waals surface area contributed by atoms with E-state index in [0.717, 1.165) is 25.7 Å². The van der Waals surface area contributed by atoms with Gasteiger partial charge in [-0.1, -0.05) is 6.92 Å².